The summed E-state index contributed by atoms with van der Waals surface area (Å²) in [4.78, 5) is 4.65. The van der Waals surface area contributed by atoms with Crippen LogP contribution in [0, 0.1) is 0 Å². The van der Waals surface area contributed by atoms with E-state index in [0.717, 1.165) is 34.1 Å². The first kappa shape index (κ1) is 40.0. The van der Waals surface area contributed by atoms with Gasteiger partial charge in [0, 0.05) is 34.1 Å². The lowest BCUT2D eigenvalue weighted by molar-refractivity contribution is 1.28. The topological polar surface area (TPSA) is 6.48 Å². The molecule has 2 aliphatic heterocycles. The first-order chi connectivity index (χ1) is 32.3. The summed E-state index contributed by atoms with van der Waals surface area (Å²) in [6.07, 6.45) is 0. The Hall–Kier alpha value is -7.51. The second-order valence-electron chi connectivity index (χ2n) is 18.9. The van der Waals surface area contributed by atoms with Crippen molar-refractivity contribution in [2.75, 3.05) is 9.80 Å². The molecule has 66 heavy (non-hydrogen) atoms. The van der Waals surface area contributed by atoms with Gasteiger partial charge in [-0.2, -0.15) is 0 Å². The van der Waals surface area contributed by atoms with Crippen LogP contribution < -0.4 is 30.5 Å². The van der Waals surface area contributed by atoms with Crippen LogP contribution >= 0.6 is 0 Å². The maximum absolute atomic E-state index is 2.54. The standard InChI is InChI=1S/C62H50N2Si2/c1-65(2)57-39-37-54-53(61(57)55-35-29-45(41-59(55)65)43-25-31-51(32-26-43)63(47-17-9-5-10-18-47)48-19-11-6-12-20-48)38-40-58-62(54)56-36-30-46(42-60(56)66(58,3)4)44-27-33-52(34-28-44)64(49-21-13-7-14-22-49)50-23-15-8-16-24-50/h5-42H,1-4H3. The van der Waals surface area contributed by atoms with E-state index in [1.807, 2.05) is 0 Å². The van der Waals surface area contributed by atoms with Crippen molar-refractivity contribution in [2.45, 2.75) is 26.2 Å². The molecule has 316 valence electrons. The minimum Gasteiger partial charge on any atom is -0.311 e. The second kappa shape index (κ2) is 15.6. The Bertz CT molecular complexity index is 3130. The molecule has 0 aliphatic carbocycles. The van der Waals surface area contributed by atoms with E-state index in [1.165, 1.54) is 65.7 Å². The van der Waals surface area contributed by atoms with Crippen LogP contribution in [0.3, 0.4) is 0 Å². The molecule has 12 rings (SSSR count). The Kier molecular flexibility index (Phi) is 9.46. The molecule has 0 radical (unpaired) electrons. The van der Waals surface area contributed by atoms with Gasteiger partial charge in [-0.05, 0) is 149 Å². The number of nitrogens with zero attached hydrogens (tertiary/aromatic N) is 2. The summed E-state index contributed by atoms with van der Waals surface area (Å²) < 4.78 is 0. The predicted octanol–water partition coefficient (Wildman–Crippen LogP) is 14.7. The fraction of sp³-hybridized carbons (Fsp3) is 0.0645. The van der Waals surface area contributed by atoms with Crippen molar-refractivity contribution < 1.29 is 0 Å². The lowest BCUT2D eigenvalue weighted by Gasteiger charge is -2.25. The Morgan fingerprint density at radius 2 is 0.545 bits per heavy atom. The van der Waals surface area contributed by atoms with E-state index in [2.05, 4.69) is 267 Å². The molecule has 0 N–H and O–H groups in total. The zero-order valence-electron chi connectivity index (χ0n) is 37.8. The molecule has 0 saturated carbocycles. The minimum atomic E-state index is -2.00. The number of anilines is 6. The highest BCUT2D eigenvalue weighted by Gasteiger charge is 2.42. The van der Waals surface area contributed by atoms with Gasteiger partial charge in [0.25, 0.3) is 0 Å². The summed E-state index contributed by atoms with van der Waals surface area (Å²) in [6.45, 7) is 10.2. The molecule has 2 heterocycles. The largest absolute Gasteiger partial charge is 0.311 e. The Morgan fingerprint density at radius 3 is 0.864 bits per heavy atom. The van der Waals surface area contributed by atoms with E-state index in [4.69, 9.17) is 0 Å². The van der Waals surface area contributed by atoms with Crippen LogP contribution in [0.1, 0.15) is 0 Å². The highest BCUT2D eigenvalue weighted by molar-refractivity contribution is 7.05. The highest BCUT2D eigenvalue weighted by atomic mass is 28.3. The van der Waals surface area contributed by atoms with Gasteiger partial charge in [-0.15, -0.1) is 0 Å². The van der Waals surface area contributed by atoms with E-state index < -0.39 is 16.1 Å². The normalized spacial score (nSPS) is 13.7. The summed E-state index contributed by atoms with van der Waals surface area (Å²) in [5.74, 6) is 0. The van der Waals surface area contributed by atoms with Crippen molar-refractivity contribution in [1.82, 2.24) is 0 Å². The second-order valence-corrected chi connectivity index (χ2v) is 27.6. The van der Waals surface area contributed by atoms with Gasteiger partial charge < -0.3 is 9.80 Å². The molecule has 0 spiro atoms. The first-order valence-electron chi connectivity index (χ1n) is 23.2. The fourth-order valence-electron chi connectivity index (χ4n) is 11.0. The molecule has 10 aromatic rings. The lowest BCUT2D eigenvalue weighted by Crippen LogP contribution is -2.49. The van der Waals surface area contributed by atoms with Crippen molar-refractivity contribution in [1.29, 1.82) is 0 Å². The SMILES string of the molecule is C[Si]1(C)c2cc(-c3ccc(N(c4ccccc4)c4ccccc4)cc3)ccc2-c2c1ccc1c3c(ccc21)[Si](C)(C)c1cc(-c2ccc(N(c4ccccc4)c4ccccc4)cc2)ccc1-3. The maximum Gasteiger partial charge on any atom is 0.113 e. The van der Waals surface area contributed by atoms with Crippen LogP contribution in [0.25, 0.3) is 55.3 Å². The average molecular weight is 879 g/mol. The van der Waals surface area contributed by atoms with Crippen molar-refractivity contribution in [2.24, 2.45) is 0 Å². The van der Waals surface area contributed by atoms with Gasteiger partial charge >= 0.3 is 0 Å². The van der Waals surface area contributed by atoms with E-state index in [-0.39, 0.29) is 0 Å². The highest BCUT2D eigenvalue weighted by Crippen LogP contribution is 2.43. The summed E-state index contributed by atoms with van der Waals surface area (Å²) >= 11 is 0. The quantitative estimate of drug-likeness (QED) is 0.140. The first-order valence-corrected chi connectivity index (χ1v) is 29.2. The zero-order chi connectivity index (χ0) is 44.6. The van der Waals surface area contributed by atoms with E-state index in [1.54, 1.807) is 10.4 Å². The fourth-order valence-corrected chi connectivity index (χ4v) is 17.2. The molecule has 4 heteroatoms. The van der Waals surface area contributed by atoms with Crippen LogP contribution in [-0.2, 0) is 0 Å². The van der Waals surface area contributed by atoms with Gasteiger partial charge in [0.2, 0.25) is 0 Å². The smallest absolute Gasteiger partial charge is 0.113 e. The molecular weight excluding hydrogens is 829 g/mol. The zero-order valence-corrected chi connectivity index (χ0v) is 39.8. The van der Waals surface area contributed by atoms with Crippen LogP contribution in [0.2, 0.25) is 26.2 Å². The van der Waals surface area contributed by atoms with Crippen molar-refractivity contribution in [3.05, 3.63) is 231 Å². The van der Waals surface area contributed by atoms with Crippen molar-refractivity contribution in [3.63, 3.8) is 0 Å². The molecule has 0 fully saturated rings. The van der Waals surface area contributed by atoms with Crippen molar-refractivity contribution in [3.8, 4) is 44.5 Å². The van der Waals surface area contributed by atoms with Gasteiger partial charge in [-0.3, -0.25) is 0 Å². The monoisotopic (exact) mass is 878 g/mol. The van der Waals surface area contributed by atoms with Gasteiger partial charge in [-0.25, -0.2) is 0 Å². The van der Waals surface area contributed by atoms with Crippen LogP contribution in [-0.4, -0.2) is 16.1 Å². The third kappa shape index (κ3) is 6.43. The number of rotatable bonds is 8. The molecule has 0 saturated heterocycles. The number of hydrogen-bond acceptors (Lipinski definition) is 2. The summed E-state index contributed by atoms with van der Waals surface area (Å²) in [5.41, 5.74) is 17.7. The minimum absolute atomic E-state index is 1.14. The number of hydrogen-bond donors (Lipinski definition) is 0. The number of para-hydroxylation sites is 4. The molecule has 0 unspecified atom stereocenters. The molecule has 0 bridgehead atoms. The average Bonchev–Trinajstić information content (AvgIpc) is 3.75. The summed E-state index contributed by atoms with van der Waals surface area (Å²) in [5, 5.41) is 8.94. The third-order valence-electron chi connectivity index (χ3n) is 14.4. The predicted molar refractivity (Wildman–Crippen MR) is 289 cm³/mol. The number of benzene rings is 10. The number of fused-ring (bicyclic) bond motifs is 9. The van der Waals surface area contributed by atoms with Crippen LogP contribution in [0.5, 0.6) is 0 Å². The van der Waals surface area contributed by atoms with Gasteiger partial charge in [0.1, 0.15) is 16.1 Å². The van der Waals surface area contributed by atoms with E-state index in [9.17, 15) is 0 Å². The molecule has 2 nitrogen and oxygen atoms in total. The van der Waals surface area contributed by atoms with Gasteiger partial charge in [0.05, 0.1) is 0 Å². The van der Waals surface area contributed by atoms with Crippen LogP contribution in [0.4, 0.5) is 34.1 Å². The van der Waals surface area contributed by atoms with Crippen LogP contribution in [0.15, 0.2) is 231 Å². The summed E-state index contributed by atoms with van der Waals surface area (Å²) in [6, 6.07) is 85.3. The Morgan fingerprint density at radius 1 is 0.258 bits per heavy atom. The van der Waals surface area contributed by atoms with Gasteiger partial charge in [-0.1, -0.05) is 184 Å². The van der Waals surface area contributed by atoms with E-state index in [0.29, 0.717) is 0 Å². The van der Waals surface area contributed by atoms with Gasteiger partial charge in [0.15, 0.2) is 0 Å². The third-order valence-corrected chi connectivity index (χ3v) is 21.5. The lowest BCUT2D eigenvalue weighted by atomic mass is 9.91. The molecule has 2 aliphatic rings. The maximum atomic E-state index is 2.54. The van der Waals surface area contributed by atoms with E-state index >= 15 is 0 Å². The molecule has 0 atom stereocenters. The molecular formula is C62H50N2Si2. The molecule has 0 amide bonds. The Labute approximate surface area is 390 Å². The molecule has 10 aromatic carbocycles. The van der Waals surface area contributed by atoms with Crippen molar-refractivity contribution >= 4 is 81.8 Å². The Balaban J connectivity index is 0.886. The summed E-state index contributed by atoms with van der Waals surface area (Å²) in [7, 11) is -4.01. The molecule has 0 aromatic heterocycles.